The van der Waals surface area contributed by atoms with Gasteiger partial charge in [-0.05, 0) is 37.2 Å². The number of ether oxygens (including phenoxy) is 1. The fourth-order valence-corrected chi connectivity index (χ4v) is 2.46. The number of halogens is 1. The van der Waals surface area contributed by atoms with Gasteiger partial charge >= 0.3 is 0 Å². The molecule has 0 atom stereocenters. The van der Waals surface area contributed by atoms with Crippen molar-refractivity contribution in [2.75, 3.05) is 6.54 Å². The number of hydrogen-bond donors (Lipinski definition) is 1. The molecule has 5 heteroatoms. The number of rotatable bonds is 6. The van der Waals surface area contributed by atoms with Gasteiger partial charge in [0.1, 0.15) is 17.4 Å². The normalized spacial score (nSPS) is 10.7. The van der Waals surface area contributed by atoms with E-state index in [-0.39, 0.29) is 0 Å². The van der Waals surface area contributed by atoms with Gasteiger partial charge in [0.15, 0.2) is 0 Å². The molecular weight excluding hydrogens is 280 g/mol. The van der Waals surface area contributed by atoms with Crippen LogP contribution in [0.2, 0.25) is 5.02 Å². The van der Waals surface area contributed by atoms with Gasteiger partial charge in [0.2, 0.25) is 0 Å². The molecule has 0 aliphatic carbocycles. The molecule has 0 unspecified atom stereocenters. The fraction of sp³-hybridized carbons (Fsp3) is 0.357. The highest BCUT2D eigenvalue weighted by atomic mass is 35.5. The lowest BCUT2D eigenvalue weighted by atomic mass is 10.2. The molecule has 0 fully saturated rings. The van der Waals surface area contributed by atoms with Gasteiger partial charge in [0, 0.05) is 16.9 Å². The Kier molecular flexibility index (Phi) is 5.19. The van der Waals surface area contributed by atoms with Gasteiger partial charge in [-0.25, -0.2) is 4.98 Å². The molecular formula is C14H17ClN2OS. The van der Waals surface area contributed by atoms with E-state index in [2.05, 4.69) is 17.2 Å². The third-order valence-corrected chi connectivity index (χ3v) is 3.96. The van der Waals surface area contributed by atoms with Gasteiger partial charge in [-0.3, -0.25) is 0 Å². The van der Waals surface area contributed by atoms with Crippen LogP contribution < -0.4 is 10.1 Å². The summed E-state index contributed by atoms with van der Waals surface area (Å²) in [7, 11) is 0. The van der Waals surface area contributed by atoms with Crippen LogP contribution in [-0.2, 0) is 13.2 Å². The molecule has 0 aliphatic rings. The Morgan fingerprint density at radius 1 is 1.42 bits per heavy atom. The van der Waals surface area contributed by atoms with Gasteiger partial charge in [0.05, 0.1) is 5.69 Å². The van der Waals surface area contributed by atoms with Crippen LogP contribution in [0, 0.1) is 6.92 Å². The average Bonchev–Trinajstić information content (AvgIpc) is 2.86. The molecule has 0 radical (unpaired) electrons. The minimum atomic E-state index is 0.490. The Labute approximate surface area is 122 Å². The number of benzene rings is 1. The number of aryl methyl sites for hydroxylation is 1. The van der Waals surface area contributed by atoms with Crippen LogP contribution in [0.15, 0.2) is 23.6 Å². The second-order valence-electron chi connectivity index (χ2n) is 4.21. The van der Waals surface area contributed by atoms with Gasteiger partial charge in [0.25, 0.3) is 0 Å². The molecule has 1 aromatic heterocycles. The van der Waals surface area contributed by atoms with Crippen molar-refractivity contribution < 1.29 is 4.74 Å². The zero-order valence-electron chi connectivity index (χ0n) is 11.1. The summed E-state index contributed by atoms with van der Waals surface area (Å²) in [6, 6.07) is 5.67. The zero-order chi connectivity index (χ0) is 13.7. The van der Waals surface area contributed by atoms with E-state index in [0.717, 1.165) is 40.1 Å². The van der Waals surface area contributed by atoms with Crippen LogP contribution in [0.1, 0.15) is 23.2 Å². The van der Waals surface area contributed by atoms with E-state index in [0.29, 0.717) is 6.61 Å². The first-order valence-corrected chi connectivity index (χ1v) is 7.47. The molecule has 19 heavy (non-hydrogen) atoms. The highest BCUT2D eigenvalue weighted by Gasteiger charge is 2.03. The van der Waals surface area contributed by atoms with E-state index in [1.807, 2.05) is 30.5 Å². The summed E-state index contributed by atoms with van der Waals surface area (Å²) in [6.07, 6.45) is 0. The molecule has 3 nitrogen and oxygen atoms in total. The van der Waals surface area contributed by atoms with E-state index in [4.69, 9.17) is 16.3 Å². The third kappa shape index (κ3) is 4.20. The van der Waals surface area contributed by atoms with Crippen molar-refractivity contribution in [2.45, 2.75) is 27.0 Å². The van der Waals surface area contributed by atoms with Crippen molar-refractivity contribution in [3.05, 3.63) is 44.9 Å². The Morgan fingerprint density at radius 3 is 3.00 bits per heavy atom. The van der Waals surface area contributed by atoms with Crippen molar-refractivity contribution >= 4 is 22.9 Å². The van der Waals surface area contributed by atoms with Gasteiger partial charge in [-0.1, -0.05) is 18.5 Å². The molecule has 2 aromatic rings. The number of nitrogens with one attached hydrogen (secondary N) is 1. The Morgan fingerprint density at radius 2 is 2.26 bits per heavy atom. The van der Waals surface area contributed by atoms with Crippen LogP contribution in [0.4, 0.5) is 0 Å². The number of thiazole rings is 1. The molecule has 1 N–H and O–H groups in total. The SMILES string of the molecule is CCNCc1nc(COc2ccc(Cl)c(C)c2)cs1. The molecule has 0 aliphatic heterocycles. The molecule has 0 saturated carbocycles. The van der Waals surface area contributed by atoms with E-state index >= 15 is 0 Å². The summed E-state index contributed by atoms with van der Waals surface area (Å²) in [6.45, 7) is 6.31. The van der Waals surface area contributed by atoms with Crippen molar-refractivity contribution in [3.8, 4) is 5.75 Å². The first-order chi connectivity index (χ1) is 9.19. The van der Waals surface area contributed by atoms with Gasteiger partial charge in [-0.15, -0.1) is 11.3 Å². The Balaban J connectivity index is 1.91. The highest BCUT2D eigenvalue weighted by Crippen LogP contribution is 2.22. The number of aromatic nitrogens is 1. The summed E-state index contributed by atoms with van der Waals surface area (Å²) >= 11 is 7.63. The maximum atomic E-state index is 5.98. The molecule has 0 amide bonds. The van der Waals surface area contributed by atoms with Crippen molar-refractivity contribution in [2.24, 2.45) is 0 Å². The summed E-state index contributed by atoms with van der Waals surface area (Å²) in [4.78, 5) is 4.51. The number of hydrogen-bond acceptors (Lipinski definition) is 4. The van der Waals surface area contributed by atoms with Crippen molar-refractivity contribution in [3.63, 3.8) is 0 Å². The lowest BCUT2D eigenvalue weighted by Gasteiger charge is -2.06. The third-order valence-electron chi connectivity index (χ3n) is 2.64. The second-order valence-corrected chi connectivity index (χ2v) is 5.56. The summed E-state index contributed by atoms with van der Waals surface area (Å²) < 4.78 is 5.71. The lowest BCUT2D eigenvalue weighted by molar-refractivity contribution is 0.301. The molecule has 0 spiro atoms. The summed E-state index contributed by atoms with van der Waals surface area (Å²) in [5.74, 6) is 0.822. The Hall–Kier alpha value is -1.10. The molecule has 2 rings (SSSR count). The predicted molar refractivity (Wildman–Crippen MR) is 80.0 cm³/mol. The number of nitrogens with zero attached hydrogens (tertiary/aromatic N) is 1. The second kappa shape index (κ2) is 6.89. The van der Waals surface area contributed by atoms with Gasteiger partial charge < -0.3 is 10.1 Å². The zero-order valence-corrected chi connectivity index (χ0v) is 12.6. The predicted octanol–water partition coefficient (Wildman–Crippen LogP) is 3.79. The minimum Gasteiger partial charge on any atom is -0.487 e. The quantitative estimate of drug-likeness (QED) is 0.880. The summed E-state index contributed by atoms with van der Waals surface area (Å²) in [5, 5.41) is 7.14. The summed E-state index contributed by atoms with van der Waals surface area (Å²) in [5.41, 5.74) is 1.98. The van der Waals surface area contributed by atoms with Crippen LogP contribution in [0.5, 0.6) is 5.75 Å². The van der Waals surface area contributed by atoms with E-state index < -0.39 is 0 Å². The first-order valence-electron chi connectivity index (χ1n) is 6.22. The smallest absolute Gasteiger partial charge is 0.131 e. The molecule has 0 bridgehead atoms. The van der Waals surface area contributed by atoms with Crippen molar-refractivity contribution in [1.82, 2.24) is 10.3 Å². The maximum Gasteiger partial charge on any atom is 0.131 e. The lowest BCUT2D eigenvalue weighted by Crippen LogP contribution is -2.11. The standard InChI is InChI=1S/C14H17ClN2OS/c1-3-16-7-14-17-11(9-19-14)8-18-12-4-5-13(15)10(2)6-12/h4-6,9,16H,3,7-8H2,1-2H3. The van der Waals surface area contributed by atoms with Crippen LogP contribution in [0.25, 0.3) is 0 Å². The largest absolute Gasteiger partial charge is 0.487 e. The van der Waals surface area contributed by atoms with Crippen LogP contribution in [-0.4, -0.2) is 11.5 Å². The topological polar surface area (TPSA) is 34.2 Å². The van der Waals surface area contributed by atoms with Crippen molar-refractivity contribution in [1.29, 1.82) is 0 Å². The maximum absolute atomic E-state index is 5.98. The Bertz CT molecular complexity index is 542. The minimum absolute atomic E-state index is 0.490. The van der Waals surface area contributed by atoms with E-state index in [1.165, 1.54) is 0 Å². The van der Waals surface area contributed by atoms with Crippen LogP contribution in [0.3, 0.4) is 0 Å². The fourth-order valence-electron chi connectivity index (χ4n) is 1.59. The first kappa shape index (κ1) is 14.3. The highest BCUT2D eigenvalue weighted by molar-refractivity contribution is 7.09. The molecule has 0 saturated heterocycles. The molecule has 1 heterocycles. The van der Waals surface area contributed by atoms with E-state index in [9.17, 15) is 0 Å². The van der Waals surface area contributed by atoms with Crippen LogP contribution >= 0.6 is 22.9 Å². The molecule has 1 aromatic carbocycles. The molecule has 102 valence electrons. The van der Waals surface area contributed by atoms with Gasteiger partial charge in [-0.2, -0.15) is 0 Å². The average molecular weight is 297 g/mol. The van der Waals surface area contributed by atoms with E-state index in [1.54, 1.807) is 11.3 Å². The monoisotopic (exact) mass is 296 g/mol.